The lowest BCUT2D eigenvalue weighted by atomic mass is 10.0. The van der Waals surface area contributed by atoms with Gasteiger partial charge in [0.2, 0.25) is 5.91 Å². The van der Waals surface area contributed by atoms with Crippen LogP contribution in [0.4, 0.5) is 10.5 Å². The maximum absolute atomic E-state index is 12.1. The van der Waals surface area contributed by atoms with Crippen LogP contribution in [0.1, 0.15) is 30.5 Å². The van der Waals surface area contributed by atoms with Gasteiger partial charge < -0.3 is 16.4 Å². The number of nitrogens with two attached hydrogens (primary N) is 1. The minimum Gasteiger partial charge on any atom is -0.352 e. The van der Waals surface area contributed by atoms with E-state index in [1.807, 2.05) is 24.3 Å². The average Bonchev–Trinajstić information content (AvgIpc) is 2.55. The Kier molecular flexibility index (Phi) is 6.57. The largest absolute Gasteiger partial charge is 0.352 e. The Morgan fingerprint density at radius 3 is 2.04 bits per heavy atom. The predicted molar refractivity (Wildman–Crippen MR) is 100 cm³/mol. The van der Waals surface area contributed by atoms with Crippen molar-refractivity contribution in [3.05, 3.63) is 65.2 Å². The Morgan fingerprint density at radius 2 is 1.48 bits per heavy atom. The number of hydrogen-bond acceptors (Lipinski definition) is 2. The molecule has 0 atom stereocenters. The van der Waals surface area contributed by atoms with Crippen LogP contribution in [0.2, 0.25) is 0 Å². The van der Waals surface area contributed by atoms with Gasteiger partial charge in [-0.2, -0.15) is 0 Å². The number of carbonyl (C=O) groups is 2. The predicted octanol–water partition coefficient (Wildman–Crippen LogP) is 3.23. The van der Waals surface area contributed by atoms with Crippen molar-refractivity contribution < 1.29 is 9.59 Å². The van der Waals surface area contributed by atoms with Gasteiger partial charge in [-0.25, -0.2) is 4.79 Å². The highest BCUT2D eigenvalue weighted by Crippen LogP contribution is 2.11. The third-order valence-electron chi connectivity index (χ3n) is 3.74. The summed E-state index contributed by atoms with van der Waals surface area (Å²) >= 11 is 0. The number of hydrogen-bond donors (Lipinski definition) is 3. The van der Waals surface area contributed by atoms with Crippen LogP contribution in [0.5, 0.6) is 0 Å². The normalized spacial score (nSPS) is 10.5. The van der Waals surface area contributed by atoms with Gasteiger partial charge in [0.15, 0.2) is 0 Å². The molecule has 0 spiro atoms. The molecule has 0 bridgehead atoms. The first-order chi connectivity index (χ1) is 11.9. The van der Waals surface area contributed by atoms with E-state index in [0.29, 0.717) is 24.6 Å². The molecule has 2 aromatic carbocycles. The van der Waals surface area contributed by atoms with Crippen LogP contribution in [0.15, 0.2) is 48.5 Å². The van der Waals surface area contributed by atoms with Gasteiger partial charge in [-0.15, -0.1) is 0 Å². The van der Waals surface area contributed by atoms with Crippen molar-refractivity contribution in [2.75, 3.05) is 5.32 Å². The van der Waals surface area contributed by atoms with E-state index >= 15 is 0 Å². The zero-order valence-electron chi connectivity index (χ0n) is 14.7. The highest BCUT2D eigenvalue weighted by molar-refractivity contribution is 5.87. The molecule has 5 nitrogen and oxygen atoms in total. The number of nitrogens with one attached hydrogen (secondary N) is 2. The zero-order valence-corrected chi connectivity index (χ0v) is 14.7. The molecular formula is C20H25N3O2. The van der Waals surface area contributed by atoms with Gasteiger partial charge in [0, 0.05) is 12.2 Å². The molecule has 132 valence electrons. The maximum atomic E-state index is 12.1. The fourth-order valence-corrected chi connectivity index (χ4v) is 2.56. The van der Waals surface area contributed by atoms with Gasteiger partial charge in [-0.3, -0.25) is 4.79 Å². The summed E-state index contributed by atoms with van der Waals surface area (Å²) < 4.78 is 0. The highest BCUT2D eigenvalue weighted by Gasteiger charge is 2.05. The van der Waals surface area contributed by atoms with E-state index in [1.165, 1.54) is 5.56 Å². The van der Waals surface area contributed by atoms with Crippen LogP contribution in [-0.2, 0) is 24.2 Å². The SMILES string of the molecule is CC(C)Cc1ccc(CC(=O)NCc2ccc(NC(N)=O)cc2)cc1. The summed E-state index contributed by atoms with van der Waals surface area (Å²) in [6.45, 7) is 4.83. The van der Waals surface area contributed by atoms with Crippen molar-refractivity contribution >= 4 is 17.6 Å². The number of amides is 3. The summed E-state index contributed by atoms with van der Waals surface area (Å²) in [5.74, 6) is 0.606. The monoisotopic (exact) mass is 339 g/mol. The molecular weight excluding hydrogens is 314 g/mol. The van der Waals surface area contributed by atoms with Crippen molar-refractivity contribution in [1.29, 1.82) is 0 Å². The van der Waals surface area contributed by atoms with Gasteiger partial charge in [-0.1, -0.05) is 50.2 Å². The van der Waals surface area contributed by atoms with Crippen LogP contribution in [0, 0.1) is 5.92 Å². The van der Waals surface area contributed by atoms with Gasteiger partial charge in [0.1, 0.15) is 0 Å². The van der Waals surface area contributed by atoms with E-state index in [1.54, 1.807) is 12.1 Å². The third kappa shape index (κ3) is 6.67. The summed E-state index contributed by atoms with van der Waals surface area (Å²) in [4.78, 5) is 22.8. The van der Waals surface area contributed by atoms with Gasteiger partial charge in [0.25, 0.3) is 0 Å². The van der Waals surface area contributed by atoms with Gasteiger partial charge in [-0.05, 0) is 41.2 Å². The first kappa shape index (κ1) is 18.5. The number of primary amides is 1. The molecule has 0 radical (unpaired) electrons. The second-order valence-corrected chi connectivity index (χ2v) is 6.55. The summed E-state index contributed by atoms with van der Waals surface area (Å²) in [5, 5.41) is 5.40. The molecule has 0 saturated carbocycles. The molecule has 25 heavy (non-hydrogen) atoms. The number of rotatable bonds is 7. The molecule has 0 heterocycles. The van der Waals surface area contributed by atoms with Crippen molar-refractivity contribution in [3.63, 3.8) is 0 Å². The molecule has 0 saturated heterocycles. The second-order valence-electron chi connectivity index (χ2n) is 6.55. The second kappa shape index (κ2) is 8.87. The van der Waals surface area contributed by atoms with E-state index in [4.69, 9.17) is 5.73 Å². The first-order valence-electron chi connectivity index (χ1n) is 8.42. The molecule has 0 aliphatic heterocycles. The Balaban J connectivity index is 1.81. The van der Waals surface area contributed by atoms with Gasteiger partial charge >= 0.3 is 6.03 Å². The molecule has 0 aliphatic rings. The van der Waals surface area contributed by atoms with Crippen LogP contribution in [-0.4, -0.2) is 11.9 Å². The molecule has 0 unspecified atom stereocenters. The summed E-state index contributed by atoms with van der Waals surface area (Å²) in [5.41, 5.74) is 8.94. The minimum atomic E-state index is -0.597. The number of benzene rings is 2. The first-order valence-corrected chi connectivity index (χ1v) is 8.42. The van der Waals surface area contributed by atoms with Crippen LogP contribution < -0.4 is 16.4 Å². The Morgan fingerprint density at radius 1 is 0.920 bits per heavy atom. The Bertz CT molecular complexity index is 707. The highest BCUT2D eigenvalue weighted by atomic mass is 16.2. The summed E-state index contributed by atoms with van der Waals surface area (Å²) in [6.07, 6.45) is 1.41. The topological polar surface area (TPSA) is 84.2 Å². The van der Waals surface area contributed by atoms with Crippen LogP contribution >= 0.6 is 0 Å². The lowest BCUT2D eigenvalue weighted by molar-refractivity contribution is -0.120. The van der Waals surface area contributed by atoms with Crippen molar-refractivity contribution in [1.82, 2.24) is 5.32 Å². The molecule has 0 aliphatic carbocycles. The van der Waals surface area contributed by atoms with Gasteiger partial charge in [0.05, 0.1) is 6.42 Å². The van der Waals surface area contributed by atoms with E-state index in [-0.39, 0.29) is 5.91 Å². The smallest absolute Gasteiger partial charge is 0.316 e. The zero-order chi connectivity index (χ0) is 18.2. The van der Waals surface area contributed by atoms with E-state index in [0.717, 1.165) is 17.5 Å². The molecule has 0 fully saturated rings. The average molecular weight is 339 g/mol. The Labute approximate surface area is 148 Å². The summed E-state index contributed by atoms with van der Waals surface area (Å²) in [6, 6.07) is 14.8. The lowest BCUT2D eigenvalue weighted by Gasteiger charge is -2.08. The molecule has 0 aromatic heterocycles. The molecule has 2 rings (SSSR count). The minimum absolute atomic E-state index is 0.0176. The van der Waals surface area contributed by atoms with Crippen LogP contribution in [0.25, 0.3) is 0 Å². The number of urea groups is 1. The standard InChI is InChI=1S/C20H25N3O2/c1-14(2)11-15-3-5-16(6-4-15)12-19(24)22-13-17-7-9-18(10-8-17)23-20(21)25/h3-10,14H,11-13H2,1-2H3,(H,22,24)(H3,21,23,25). The summed E-state index contributed by atoms with van der Waals surface area (Å²) in [7, 11) is 0. The van der Waals surface area contributed by atoms with E-state index in [9.17, 15) is 9.59 Å². The van der Waals surface area contributed by atoms with Crippen molar-refractivity contribution in [2.24, 2.45) is 11.7 Å². The fourth-order valence-electron chi connectivity index (χ4n) is 2.56. The van der Waals surface area contributed by atoms with Crippen molar-refractivity contribution in [3.8, 4) is 0 Å². The quantitative estimate of drug-likeness (QED) is 0.723. The van der Waals surface area contributed by atoms with Crippen molar-refractivity contribution in [2.45, 2.75) is 33.2 Å². The lowest BCUT2D eigenvalue weighted by Crippen LogP contribution is -2.24. The third-order valence-corrected chi connectivity index (χ3v) is 3.74. The molecule has 4 N–H and O–H groups in total. The molecule has 3 amide bonds. The molecule has 5 heteroatoms. The number of anilines is 1. The maximum Gasteiger partial charge on any atom is 0.316 e. The Hall–Kier alpha value is -2.82. The number of carbonyl (C=O) groups excluding carboxylic acids is 2. The molecule has 2 aromatic rings. The fraction of sp³-hybridized carbons (Fsp3) is 0.300. The van der Waals surface area contributed by atoms with E-state index in [2.05, 4.69) is 36.6 Å². The van der Waals surface area contributed by atoms with E-state index < -0.39 is 6.03 Å². The van der Waals surface area contributed by atoms with Crippen LogP contribution in [0.3, 0.4) is 0 Å².